The molecule has 0 heterocycles. The first kappa shape index (κ1) is 14.5. The molecule has 0 aliphatic carbocycles. The number of nitrogens with zero attached hydrogens (tertiary/aromatic N) is 1. The van der Waals surface area contributed by atoms with Crippen LogP contribution in [0.4, 0.5) is 10.1 Å². The topological polar surface area (TPSA) is 29.3 Å². The zero-order chi connectivity index (χ0) is 14.5. The molecule has 2 rings (SSSR count). The largest absolute Gasteiger partial charge is 0.399 e. The summed E-state index contributed by atoms with van der Waals surface area (Å²) in [7, 11) is 0. The van der Waals surface area contributed by atoms with E-state index in [2.05, 4.69) is 18.7 Å². The summed E-state index contributed by atoms with van der Waals surface area (Å²) in [5.74, 6) is -0.147. The van der Waals surface area contributed by atoms with Crippen molar-refractivity contribution in [3.63, 3.8) is 0 Å². The summed E-state index contributed by atoms with van der Waals surface area (Å²) in [5.41, 5.74) is 8.44. The molecule has 0 aliphatic heterocycles. The lowest BCUT2D eigenvalue weighted by molar-refractivity contribution is 0.201. The van der Waals surface area contributed by atoms with Crippen LogP contribution in [-0.4, -0.2) is 10.9 Å². The van der Waals surface area contributed by atoms with Gasteiger partial charge in [0.05, 0.1) is 0 Å². The molecule has 0 aliphatic rings. The molecular formula is C17H21FN2. The van der Waals surface area contributed by atoms with E-state index >= 15 is 0 Å². The standard InChI is InChI=1S/C17H21FN2/c1-13(2)20(11-14-6-5-8-16(19)10-14)12-15-7-3-4-9-17(15)18/h3-10,13H,11-12,19H2,1-2H3. The summed E-state index contributed by atoms with van der Waals surface area (Å²) in [6.45, 7) is 5.59. The van der Waals surface area contributed by atoms with Gasteiger partial charge in [-0.05, 0) is 37.6 Å². The first-order valence-electron chi connectivity index (χ1n) is 6.88. The van der Waals surface area contributed by atoms with Crippen LogP contribution in [0.2, 0.25) is 0 Å². The maximum atomic E-state index is 13.8. The van der Waals surface area contributed by atoms with Crippen molar-refractivity contribution in [1.82, 2.24) is 4.90 Å². The Hall–Kier alpha value is -1.87. The van der Waals surface area contributed by atoms with E-state index < -0.39 is 0 Å². The minimum atomic E-state index is -0.147. The average molecular weight is 272 g/mol. The highest BCUT2D eigenvalue weighted by Crippen LogP contribution is 2.16. The summed E-state index contributed by atoms with van der Waals surface area (Å²) in [6.07, 6.45) is 0. The van der Waals surface area contributed by atoms with Gasteiger partial charge in [0.15, 0.2) is 0 Å². The van der Waals surface area contributed by atoms with Crippen LogP contribution < -0.4 is 5.73 Å². The Labute approximate surface area is 120 Å². The second kappa shape index (κ2) is 6.53. The molecule has 0 amide bonds. The molecule has 2 aromatic rings. The van der Waals surface area contributed by atoms with Gasteiger partial charge < -0.3 is 5.73 Å². The minimum absolute atomic E-state index is 0.147. The summed E-state index contributed by atoms with van der Waals surface area (Å²) in [6, 6.07) is 15.1. The second-order valence-electron chi connectivity index (χ2n) is 5.34. The Balaban J connectivity index is 2.14. The fourth-order valence-corrected chi connectivity index (χ4v) is 2.19. The van der Waals surface area contributed by atoms with E-state index in [1.807, 2.05) is 36.4 Å². The molecule has 2 nitrogen and oxygen atoms in total. The highest BCUT2D eigenvalue weighted by molar-refractivity contribution is 5.40. The van der Waals surface area contributed by atoms with Gasteiger partial charge in [0.25, 0.3) is 0 Å². The molecule has 0 fully saturated rings. The predicted octanol–water partition coefficient (Wildman–Crippen LogP) is 3.82. The van der Waals surface area contributed by atoms with E-state index in [1.54, 1.807) is 6.07 Å². The average Bonchev–Trinajstić information content (AvgIpc) is 2.40. The molecule has 2 aromatic carbocycles. The van der Waals surface area contributed by atoms with Crippen LogP contribution >= 0.6 is 0 Å². The van der Waals surface area contributed by atoms with E-state index in [9.17, 15) is 4.39 Å². The minimum Gasteiger partial charge on any atom is -0.399 e. The molecule has 0 saturated heterocycles. The van der Waals surface area contributed by atoms with Gasteiger partial charge in [-0.25, -0.2) is 4.39 Å². The molecule has 3 heteroatoms. The Morgan fingerprint density at radius 1 is 1.05 bits per heavy atom. The smallest absolute Gasteiger partial charge is 0.127 e. The predicted molar refractivity (Wildman–Crippen MR) is 81.6 cm³/mol. The van der Waals surface area contributed by atoms with Gasteiger partial charge in [-0.2, -0.15) is 0 Å². The normalized spacial score (nSPS) is 11.2. The van der Waals surface area contributed by atoms with Crippen LogP contribution in [0, 0.1) is 5.82 Å². The van der Waals surface area contributed by atoms with Crippen molar-refractivity contribution in [2.24, 2.45) is 0 Å². The van der Waals surface area contributed by atoms with Crippen LogP contribution in [0.5, 0.6) is 0 Å². The van der Waals surface area contributed by atoms with E-state index in [1.165, 1.54) is 6.07 Å². The van der Waals surface area contributed by atoms with Gasteiger partial charge in [-0.3, -0.25) is 4.90 Å². The number of hydrogen-bond acceptors (Lipinski definition) is 2. The van der Waals surface area contributed by atoms with Crippen molar-refractivity contribution < 1.29 is 4.39 Å². The molecule has 0 atom stereocenters. The molecule has 0 unspecified atom stereocenters. The summed E-state index contributed by atoms with van der Waals surface area (Å²) < 4.78 is 13.8. The zero-order valence-electron chi connectivity index (χ0n) is 12.0. The molecule has 0 saturated carbocycles. The molecule has 0 radical (unpaired) electrons. The van der Waals surface area contributed by atoms with Crippen LogP contribution in [-0.2, 0) is 13.1 Å². The summed E-state index contributed by atoms with van der Waals surface area (Å²) in [4.78, 5) is 2.23. The Morgan fingerprint density at radius 3 is 2.45 bits per heavy atom. The number of nitrogens with two attached hydrogens (primary N) is 1. The van der Waals surface area contributed by atoms with Gasteiger partial charge in [-0.15, -0.1) is 0 Å². The number of rotatable bonds is 5. The number of nitrogen functional groups attached to an aromatic ring is 1. The van der Waals surface area contributed by atoms with E-state index in [-0.39, 0.29) is 5.82 Å². The van der Waals surface area contributed by atoms with Crippen molar-refractivity contribution >= 4 is 5.69 Å². The SMILES string of the molecule is CC(C)N(Cc1cccc(N)c1)Cc1ccccc1F. The Bertz CT molecular complexity index is 566. The molecule has 20 heavy (non-hydrogen) atoms. The lowest BCUT2D eigenvalue weighted by Gasteiger charge is -2.27. The van der Waals surface area contributed by atoms with Gasteiger partial charge in [0, 0.05) is 30.4 Å². The van der Waals surface area contributed by atoms with Gasteiger partial charge in [0.2, 0.25) is 0 Å². The molecule has 106 valence electrons. The molecule has 0 aromatic heterocycles. The lowest BCUT2D eigenvalue weighted by Crippen LogP contribution is -2.30. The molecule has 2 N–H and O–H groups in total. The fourth-order valence-electron chi connectivity index (χ4n) is 2.19. The van der Waals surface area contributed by atoms with Gasteiger partial charge in [0.1, 0.15) is 5.82 Å². The van der Waals surface area contributed by atoms with Crippen LogP contribution in [0.1, 0.15) is 25.0 Å². The maximum absolute atomic E-state index is 13.8. The van der Waals surface area contributed by atoms with E-state index in [0.29, 0.717) is 12.6 Å². The third-order valence-electron chi connectivity index (χ3n) is 3.40. The van der Waals surface area contributed by atoms with Crippen molar-refractivity contribution in [1.29, 1.82) is 0 Å². The number of halogens is 1. The lowest BCUT2D eigenvalue weighted by atomic mass is 10.1. The molecular weight excluding hydrogens is 251 g/mol. The Morgan fingerprint density at radius 2 is 1.80 bits per heavy atom. The number of benzene rings is 2. The fraction of sp³-hybridized carbons (Fsp3) is 0.294. The monoisotopic (exact) mass is 272 g/mol. The number of hydrogen-bond donors (Lipinski definition) is 1. The zero-order valence-corrected chi connectivity index (χ0v) is 12.0. The molecule has 0 spiro atoms. The van der Waals surface area contributed by atoms with Crippen molar-refractivity contribution in [2.45, 2.75) is 33.0 Å². The van der Waals surface area contributed by atoms with Crippen LogP contribution in [0.25, 0.3) is 0 Å². The van der Waals surface area contributed by atoms with Crippen LogP contribution in [0.15, 0.2) is 48.5 Å². The highest BCUT2D eigenvalue weighted by Gasteiger charge is 2.13. The summed E-state index contributed by atoms with van der Waals surface area (Å²) in [5, 5.41) is 0. The quantitative estimate of drug-likeness (QED) is 0.838. The van der Waals surface area contributed by atoms with Crippen LogP contribution in [0.3, 0.4) is 0 Å². The van der Waals surface area contributed by atoms with Crippen molar-refractivity contribution in [3.05, 3.63) is 65.5 Å². The van der Waals surface area contributed by atoms with Crippen molar-refractivity contribution in [3.8, 4) is 0 Å². The summed E-state index contributed by atoms with van der Waals surface area (Å²) >= 11 is 0. The van der Waals surface area contributed by atoms with E-state index in [0.717, 1.165) is 23.4 Å². The van der Waals surface area contributed by atoms with Crippen molar-refractivity contribution in [2.75, 3.05) is 5.73 Å². The Kier molecular flexibility index (Phi) is 4.74. The first-order valence-corrected chi connectivity index (χ1v) is 6.88. The van der Waals surface area contributed by atoms with Gasteiger partial charge in [-0.1, -0.05) is 30.3 Å². The second-order valence-corrected chi connectivity index (χ2v) is 5.34. The third-order valence-corrected chi connectivity index (χ3v) is 3.40. The highest BCUT2D eigenvalue weighted by atomic mass is 19.1. The van der Waals surface area contributed by atoms with E-state index in [4.69, 9.17) is 5.73 Å². The number of anilines is 1. The first-order chi connectivity index (χ1) is 9.56. The molecule has 0 bridgehead atoms. The van der Waals surface area contributed by atoms with Gasteiger partial charge >= 0.3 is 0 Å². The third kappa shape index (κ3) is 3.81. The maximum Gasteiger partial charge on any atom is 0.127 e.